The summed E-state index contributed by atoms with van der Waals surface area (Å²) in [5.74, 6) is -1.83. The zero-order chi connectivity index (χ0) is 20.5. The molecule has 1 atom stereocenters. The molecule has 0 aliphatic heterocycles. The quantitative estimate of drug-likeness (QED) is 0.459. The third-order valence-electron chi connectivity index (χ3n) is 3.40. The van der Waals surface area contributed by atoms with Crippen LogP contribution in [0.1, 0.15) is 10.4 Å². The molecule has 0 heterocycles. The van der Waals surface area contributed by atoms with Gasteiger partial charge in [-0.15, -0.1) is 0 Å². The van der Waals surface area contributed by atoms with Crippen LogP contribution in [0.15, 0.2) is 54.6 Å². The molecule has 5 nitrogen and oxygen atoms in total. The number of carbonyl (C=O) groups excluding carboxylic acids is 1. The van der Waals surface area contributed by atoms with E-state index in [1.54, 1.807) is 30.3 Å². The fourth-order valence-corrected chi connectivity index (χ4v) is 2.52. The third kappa shape index (κ3) is 4.61. The average molecular weight is 410 g/mol. The maximum Gasteiger partial charge on any atom is 0.432 e. The molecule has 1 N–H and O–H groups in total. The summed E-state index contributed by atoms with van der Waals surface area (Å²) in [6, 6.07) is 13.4. The first-order valence-corrected chi connectivity index (χ1v) is 8.56. The Morgan fingerprint density at radius 3 is 1.81 bits per heavy atom. The summed E-state index contributed by atoms with van der Waals surface area (Å²) in [4.78, 5) is 11.8. The first-order chi connectivity index (χ1) is 12.3. The molecule has 0 bridgehead atoms. The second-order valence-corrected chi connectivity index (χ2v) is 6.80. The summed E-state index contributed by atoms with van der Waals surface area (Å²) in [6.07, 6.45) is -10.3. The minimum atomic E-state index is -6.49. The van der Waals surface area contributed by atoms with Crippen molar-refractivity contribution in [3.05, 3.63) is 60.2 Å². The number of benzene rings is 2. The van der Waals surface area contributed by atoms with E-state index in [1.165, 1.54) is 12.1 Å². The Labute approximate surface area is 150 Å². The lowest BCUT2D eigenvalue weighted by molar-refractivity contribution is -0.248. The lowest BCUT2D eigenvalue weighted by Gasteiger charge is -2.26. The van der Waals surface area contributed by atoms with Crippen molar-refractivity contribution in [2.75, 3.05) is 0 Å². The standard InChI is InChI=1S/C16H11F5O5S/c17-15(18,19)14(16(20,21)27(23,24)25)26-13(22)12-8-6-11(7-9-12)10-4-2-1-3-5-10/h1-9,14H,(H,23,24,25). The zero-order valence-electron chi connectivity index (χ0n) is 13.2. The van der Waals surface area contributed by atoms with E-state index in [2.05, 4.69) is 4.74 Å². The predicted octanol–water partition coefficient (Wildman–Crippen LogP) is 3.92. The van der Waals surface area contributed by atoms with E-state index in [1.807, 2.05) is 0 Å². The van der Waals surface area contributed by atoms with Crippen molar-refractivity contribution >= 4 is 16.1 Å². The Hall–Kier alpha value is -2.53. The van der Waals surface area contributed by atoms with E-state index in [-0.39, 0.29) is 0 Å². The van der Waals surface area contributed by atoms with E-state index >= 15 is 0 Å². The molecule has 11 heteroatoms. The molecular formula is C16H11F5O5S. The van der Waals surface area contributed by atoms with Gasteiger partial charge in [-0.25, -0.2) is 4.79 Å². The zero-order valence-corrected chi connectivity index (χ0v) is 14.0. The smallest absolute Gasteiger partial charge is 0.432 e. The molecule has 0 amide bonds. The number of esters is 1. The molecule has 0 spiro atoms. The van der Waals surface area contributed by atoms with Gasteiger partial charge in [-0.1, -0.05) is 42.5 Å². The van der Waals surface area contributed by atoms with Gasteiger partial charge in [0.25, 0.3) is 6.10 Å². The van der Waals surface area contributed by atoms with Crippen molar-refractivity contribution in [3.63, 3.8) is 0 Å². The van der Waals surface area contributed by atoms with Crippen LogP contribution in [-0.2, 0) is 14.9 Å². The number of ether oxygens (including phenoxy) is 1. The minimum absolute atomic E-state index is 0.518. The first-order valence-electron chi connectivity index (χ1n) is 7.12. The van der Waals surface area contributed by atoms with Crippen LogP contribution in [0, 0.1) is 0 Å². The second-order valence-electron chi connectivity index (χ2n) is 5.31. The highest BCUT2D eigenvalue weighted by atomic mass is 32.2. The Bertz CT molecular complexity index is 908. The van der Waals surface area contributed by atoms with Crippen molar-refractivity contribution in [1.29, 1.82) is 0 Å². The van der Waals surface area contributed by atoms with E-state index in [9.17, 15) is 35.2 Å². The minimum Gasteiger partial charge on any atom is -0.441 e. The third-order valence-corrected chi connectivity index (χ3v) is 4.30. The molecule has 0 aliphatic carbocycles. The number of halogens is 5. The van der Waals surface area contributed by atoms with Gasteiger partial charge in [-0.3, -0.25) is 4.55 Å². The van der Waals surface area contributed by atoms with Crippen LogP contribution in [0.4, 0.5) is 22.0 Å². The molecule has 0 saturated heterocycles. The van der Waals surface area contributed by atoms with Gasteiger partial charge in [-0.05, 0) is 23.3 Å². The summed E-state index contributed by atoms with van der Waals surface area (Å²) < 4.78 is 98.3. The number of hydrogen-bond donors (Lipinski definition) is 1. The SMILES string of the molecule is O=C(OC(C(F)(F)F)C(F)(F)S(=O)(=O)O)c1ccc(-c2ccccc2)cc1. The van der Waals surface area contributed by atoms with Gasteiger partial charge < -0.3 is 4.74 Å². The van der Waals surface area contributed by atoms with Crippen molar-refractivity contribution in [2.45, 2.75) is 17.5 Å². The van der Waals surface area contributed by atoms with Crippen LogP contribution in [0.5, 0.6) is 0 Å². The van der Waals surface area contributed by atoms with Gasteiger partial charge in [-0.2, -0.15) is 30.4 Å². The van der Waals surface area contributed by atoms with Crippen LogP contribution in [-0.4, -0.2) is 36.5 Å². The first kappa shape index (κ1) is 20.8. The Morgan fingerprint density at radius 2 is 1.37 bits per heavy atom. The maximum atomic E-state index is 13.4. The maximum absolute atomic E-state index is 13.4. The largest absolute Gasteiger partial charge is 0.441 e. The molecular weight excluding hydrogens is 399 g/mol. The van der Waals surface area contributed by atoms with E-state index in [0.717, 1.165) is 17.7 Å². The molecule has 2 rings (SSSR count). The van der Waals surface area contributed by atoms with Crippen LogP contribution in [0.25, 0.3) is 11.1 Å². The summed E-state index contributed by atoms with van der Waals surface area (Å²) in [5.41, 5.74) is 0.793. The predicted molar refractivity (Wildman–Crippen MR) is 83.6 cm³/mol. The topological polar surface area (TPSA) is 80.7 Å². The van der Waals surface area contributed by atoms with Crippen LogP contribution < -0.4 is 0 Å². The van der Waals surface area contributed by atoms with Crippen molar-refractivity contribution in [2.24, 2.45) is 0 Å². The molecule has 146 valence electrons. The Morgan fingerprint density at radius 1 is 0.889 bits per heavy atom. The highest BCUT2D eigenvalue weighted by molar-refractivity contribution is 7.86. The molecule has 2 aromatic rings. The van der Waals surface area contributed by atoms with E-state index < -0.39 is 39.2 Å². The Kier molecular flexibility index (Phi) is 5.57. The van der Waals surface area contributed by atoms with Gasteiger partial charge >= 0.3 is 27.5 Å². The second kappa shape index (κ2) is 7.24. The van der Waals surface area contributed by atoms with E-state index in [0.29, 0.717) is 5.56 Å². The number of alkyl halides is 5. The normalized spacial score (nSPS) is 13.9. The number of carbonyl (C=O) groups is 1. The molecule has 2 aromatic carbocycles. The molecule has 0 aromatic heterocycles. The van der Waals surface area contributed by atoms with Crippen molar-refractivity contribution < 1.29 is 44.5 Å². The summed E-state index contributed by atoms with van der Waals surface area (Å²) in [5, 5.41) is -5.77. The molecule has 0 saturated carbocycles. The lowest BCUT2D eigenvalue weighted by atomic mass is 10.0. The monoisotopic (exact) mass is 410 g/mol. The van der Waals surface area contributed by atoms with Gasteiger partial charge in [0.15, 0.2) is 0 Å². The van der Waals surface area contributed by atoms with Crippen LogP contribution in [0.3, 0.4) is 0 Å². The van der Waals surface area contributed by atoms with Crippen LogP contribution >= 0.6 is 0 Å². The highest BCUT2D eigenvalue weighted by Crippen LogP contribution is 2.38. The lowest BCUT2D eigenvalue weighted by Crippen LogP contribution is -2.52. The molecule has 0 radical (unpaired) electrons. The van der Waals surface area contributed by atoms with Gasteiger partial charge in [0.2, 0.25) is 0 Å². The Balaban J connectivity index is 2.28. The molecule has 0 aliphatic rings. The fraction of sp³-hybridized carbons (Fsp3) is 0.188. The van der Waals surface area contributed by atoms with Gasteiger partial charge in [0.05, 0.1) is 5.56 Å². The molecule has 27 heavy (non-hydrogen) atoms. The molecule has 0 fully saturated rings. The van der Waals surface area contributed by atoms with Crippen LogP contribution in [0.2, 0.25) is 0 Å². The summed E-state index contributed by atoms with van der Waals surface area (Å²) in [6.45, 7) is 0. The average Bonchev–Trinajstić information content (AvgIpc) is 2.58. The van der Waals surface area contributed by atoms with Crippen molar-refractivity contribution in [1.82, 2.24) is 0 Å². The summed E-state index contributed by atoms with van der Waals surface area (Å²) in [7, 11) is -6.49. The molecule has 1 unspecified atom stereocenters. The number of rotatable bonds is 5. The fourth-order valence-electron chi connectivity index (χ4n) is 2.07. The van der Waals surface area contributed by atoms with Gasteiger partial charge in [0.1, 0.15) is 0 Å². The van der Waals surface area contributed by atoms with Gasteiger partial charge in [0, 0.05) is 0 Å². The summed E-state index contributed by atoms with van der Waals surface area (Å²) >= 11 is 0. The highest BCUT2D eigenvalue weighted by Gasteiger charge is 2.66. The van der Waals surface area contributed by atoms with Crippen molar-refractivity contribution in [3.8, 4) is 11.1 Å². The number of hydrogen-bond acceptors (Lipinski definition) is 4. The van der Waals surface area contributed by atoms with E-state index in [4.69, 9.17) is 4.55 Å².